The molecule has 4 aromatic rings. The fourth-order valence-electron chi connectivity index (χ4n) is 3.00. The molecule has 0 radical (unpaired) electrons. The second-order valence-electron chi connectivity index (χ2n) is 6.64. The highest BCUT2D eigenvalue weighted by Gasteiger charge is 2.08. The second kappa shape index (κ2) is 8.33. The number of allylic oxidation sites excluding steroid dienone is 1. The molecule has 0 unspecified atom stereocenters. The van der Waals surface area contributed by atoms with Crippen LogP contribution in [0.1, 0.15) is 27.3 Å². The molecule has 0 aliphatic heterocycles. The molecule has 2 N–H and O–H groups in total. The van der Waals surface area contributed by atoms with Crippen molar-refractivity contribution in [3.05, 3.63) is 95.3 Å². The number of H-pyrrole nitrogens is 1. The van der Waals surface area contributed by atoms with Crippen molar-refractivity contribution in [2.24, 2.45) is 0 Å². The molecule has 6 nitrogen and oxygen atoms in total. The molecule has 30 heavy (non-hydrogen) atoms. The number of hydrogen-bond acceptors (Lipinski definition) is 4. The number of aromatic nitrogens is 2. The maximum atomic E-state index is 10.9. The first-order chi connectivity index (χ1) is 14.6. The summed E-state index contributed by atoms with van der Waals surface area (Å²) in [6.07, 6.45) is 1.76. The Morgan fingerprint density at radius 2 is 1.90 bits per heavy atom. The van der Waals surface area contributed by atoms with Gasteiger partial charge in [0, 0.05) is 0 Å². The van der Waals surface area contributed by atoms with E-state index in [0.717, 1.165) is 22.2 Å². The van der Waals surface area contributed by atoms with Crippen LogP contribution in [0.5, 0.6) is 5.75 Å². The Labute approximate surface area is 172 Å². The molecule has 0 fully saturated rings. The Hall–Kier alpha value is -4.37. The van der Waals surface area contributed by atoms with Gasteiger partial charge in [-0.15, -0.1) is 0 Å². The van der Waals surface area contributed by atoms with Gasteiger partial charge in [-0.2, -0.15) is 5.26 Å². The zero-order chi connectivity index (χ0) is 20.9. The van der Waals surface area contributed by atoms with E-state index in [2.05, 4.69) is 16.0 Å². The molecule has 0 amide bonds. The molecule has 0 aliphatic rings. The Kier molecular flexibility index (Phi) is 5.27. The van der Waals surface area contributed by atoms with Crippen molar-refractivity contribution in [1.82, 2.24) is 9.97 Å². The fraction of sp³-hybridized carbons (Fsp3) is 0.0417. The molecule has 0 saturated carbocycles. The van der Waals surface area contributed by atoms with Gasteiger partial charge in [-0.25, -0.2) is 9.78 Å². The molecule has 4 rings (SSSR count). The number of benzene rings is 3. The molecule has 0 aliphatic carbocycles. The third-order valence-electron chi connectivity index (χ3n) is 4.54. The molecular weight excluding hydrogens is 378 g/mol. The Morgan fingerprint density at radius 1 is 1.10 bits per heavy atom. The topological polar surface area (TPSA) is 99.0 Å². The van der Waals surface area contributed by atoms with Gasteiger partial charge in [-0.05, 0) is 53.6 Å². The Morgan fingerprint density at radius 3 is 2.63 bits per heavy atom. The lowest BCUT2D eigenvalue weighted by atomic mass is 10.1. The van der Waals surface area contributed by atoms with Crippen molar-refractivity contribution in [1.29, 1.82) is 5.26 Å². The smallest absolute Gasteiger partial charge is 0.335 e. The lowest BCUT2D eigenvalue weighted by molar-refractivity contribution is 0.0697. The largest absolute Gasteiger partial charge is 0.489 e. The van der Waals surface area contributed by atoms with E-state index in [4.69, 9.17) is 9.84 Å². The van der Waals surface area contributed by atoms with E-state index < -0.39 is 5.97 Å². The van der Waals surface area contributed by atoms with Crippen molar-refractivity contribution in [3.8, 4) is 11.8 Å². The summed E-state index contributed by atoms with van der Waals surface area (Å²) in [7, 11) is 0. The summed E-state index contributed by atoms with van der Waals surface area (Å²) in [5.74, 6) is 0.205. The van der Waals surface area contributed by atoms with Crippen LogP contribution >= 0.6 is 0 Å². The molecule has 1 heterocycles. The van der Waals surface area contributed by atoms with Gasteiger partial charge in [0.1, 0.15) is 24.3 Å². The lowest BCUT2D eigenvalue weighted by Gasteiger charge is -2.07. The molecule has 0 spiro atoms. The molecule has 0 saturated heterocycles. The zero-order valence-electron chi connectivity index (χ0n) is 15.9. The minimum absolute atomic E-state index is 0.237. The Bertz CT molecular complexity index is 1250. The van der Waals surface area contributed by atoms with Gasteiger partial charge in [0.15, 0.2) is 0 Å². The lowest BCUT2D eigenvalue weighted by Crippen LogP contribution is -1.99. The summed E-state index contributed by atoms with van der Waals surface area (Å²) in [5, 5.41) is 18.6. The van der Waals surface area contributed by atoms with Crippen molar-refractivity contribution in [2.75, 3.05) is 0 Å². The highest BCUT2D eigenvalue weighted by atomic mass is 16.5. The fourth-order valence-corrected chi connectivity index (χ4v) is 3.00. The average Bonchev–Trinajstić information content (AvgIpc) is 3.20. The van der Waals surface area contributed by atoms with Crippen molar-refractivity contribution in [2.45, 2.75) is 6.61 Å². The van der Waals surface area contributed by atoms with E-state index in [1.165, 1.54) is 0 Å². The number of aromatic amines is 1. The van der Waals surface area contributed by atoms with Crippen LogP contribution in [0.25, 0.3) is 22.7 Å². The van der Waals surface area contributed by atoms with Crippen LogP contribution in [-0.2, 0) is 6.61 Å². The zero-order valence-corrected chi connectivity index (χ0v) is 15.9. The van der Waals surface area contributed by atoms with Gasteiger partial charge >= 0.3 is 5.97 Å². The quantitative estimate of drug-likeness (QED) is 0.452. The number of nitriles is 1. The maximum Gasteiger partial charge on any atom is 0.335 e. The van der Waals surface area contributed by atoms with E-state index in [9.17, 15) is 10.1 Å². The molecule has 1 aromatic heterocycles. The molecule has 146 valence electrons. The number of hydrogen-bond donors (Lipinski definition) is 2. The third kappa shape index (κ3) is 4.21. The summed E-state index contributed by atoms with van der Waals surface area (Å²) >= 11 is 0. The van der Waals surface area contributed by atoms with Crippen LogP contribution < -0.4 is 4.74 Å². The van der Waals surface area contributed by atoms with Crippen LogP contribution in [0, 0.1) is 11.3 Å². The monoisotopic (exact) mass is 395 g/mol. The van der Waals surface area contributed by atoms with Gasteiger partial charge in [0.2, 0.25) is 0 Å². The minimum Gasteiger partial charge on any atom is -0.489 e. The average molecular weight is 395 g/mol. The summed E-state index contributed by atoms with van der Waals surface area (Å²) < 4.78 is 5.82. The minimum atomic E-state index is -0.959. The van der Waals surface area contributed by atoms with E-state index in [1.54, 1.807) is 30.3 Å². The second-order valence-corrected chi connectivity index (χ2v) is 6.64. The molecule has 6 heteroatoms. The highest BCUT2D eigenvalue weighted by molar-refractivity contribution is 5.90. The first-order valence-corrected chi connectivity index (χ1v) is 9.24. The maximum absolute atomic E-state index is 10.9. The predicted octanol–water partition coefficient (Wildman–Crippen LogP) is 4.90. The summed E-state index contributed by atoms with van der Waals surface area (Å²) in [4.78, 5) is 18.6. The third-order valence-corrected chi connectivity index (χ3v) is 4.54. The normalized spacial score (nSPS) is 11.2. The van der Waals surface area contributed by atoms with Crippen LogP contribution in [0.3, 0.4) is 0 Å². The number of carbonyl (C=O) groups is 1. The first kappa shape index (κ1) is 19.0. The standard InChI is InChI=1S/C24H17N3O3/c25-14-19(23-26-21-6-1-2-7-22(21)27-23)12-17-4-3-5-20(13-17)30-15-16-8-10-18(11-9-16)24(28)29/h1-13H,15H2,(H,26,27)(H,28,29)/b19-12-. The van der Waals surface area contributed by atoms with E-state index in [1.807, 2.05) is 48.5 Å². The van der Waals surface area contributed by atoms with Gasteiger partial charge < -0.3 is 14.8 Å². The number of carboxylic acids is 1. The summed E-state index contributed by atoms with van der Waals surface area (Å²) in [5.41, 5.74) is 4.01. The van der Waals surface area contributed by atoms with Gasteiger partial charge in [0.05, 0.1) is 22.2 Å². The number of carboxylic acid groups (broad SMARTS) is 1. The van der Waals surface area contributed by atoms with E-state index in [0.29, 0.717) is 23.8 Å². The number of nitrogens with zero attached hydrogens (tertiary/aromatic N) is 2. The van der Waals surface area contributed by atoms with Gasteiger partial charge in [-0.1, -0.05) is 36.4 Å². The molecule has 0 bridgehead atoms. The van der Waals surface area contributed by atoms with Crippen LogP contribution in [0.15, 0.2) is 72.8 Å². The number of fused-ring (bicyclic) bond motifs is 1. The number of para-hydroxylation sites is 2. The number of aromatic carboxylic acids is 1. The van der Waals surface area contributed by atoms with Crippen molar-refractivity contribution < 1.29 is 14.6 Å². The summed E-state index contributed by atoms with van der Waals surface area (Å²) in [6, 6.07) is 23.8. The van der Waals surface area contributed by atoms with Crippen molar-refractivity contribution >= 4 is 28.7 Å². The van der Waals surface area contributed by atoms with Crippen LogP contribution in [-0.4, -0.2) is 21.0 Å². The SMILES string of the molecule is N#C/C(=C/c1cccc(OCc2ccc(C(=O)O)cc2)c1)c1nc2ccccc2[nH]1. The molecule has 3 aromatic carbocycles. The Balaban J connectivity index is 1.51. The van der Waals surface area contributed by atoms with E-state index in [-0.39, 0.29) is 5.56 Å². The highest BCUT2D eigenvalue weighted by Crippen LogP contribution is 2.22. The number of imidazole rings is 1. The van der Waals surface area contributed by atoms with Crippen LogP contribution in [0.4, 0.5) is 0 Å². The first-order valence-electron chi connectivity index (χ1n) is 9.24. The number of ether oxygens (including phenoxy) is 1. The predicted molar refractivity (Wildman–Crippen MR) is 114 cm³/mol. The molecular formula is C24H17N3O3. The summed E-state index contributed by atoms with van der Waals surface area (Å²) in [6.45, 7) is 0.307. The van der Waals surface area contributed by atoms with Gasteiger partial charge in [0.25, 0.3) is 0 Å². The van der Waals surface area contributed by atoms with Crippen LogP contribution in [0.2, 0.25) is 0 Å². The van der Waals surface area contributed by atoms with Gasteiger partial charge in [-0.3, -0.25) is 0 Å². The number of nitrogens with one attached hydrogen (secondary N) is 1. The van der Waals surface area contributed by atoms with Crippen molar-refractivity contribution in [3.63, 3.8) is 0 Å². The van der Waals surface area contributed by atoms with E-state index >= 15 is 0 Å². The molecule has 0 atom stereocenters. The number of rotatable bonds is 6.